The number of aliphatic hydroxyl groups excluding tert-OH is 6. The molecule has 26 nitrogen and oxygen atoms in total. The first kappa shape index (κ1) is 104. The first-order valence-corrected chi connectivity index (χ1v) is 49.7. The number of fused-ring (bicyclic) bond motifs is 6. The quantitative estimate of drug-likeness (QED) is 0.0179. The van der Waals surface area contributed by atoms with E-state index in [-0.39, 0.29) is 91.7 Å². The summed E-state index contributed by atoms with van der Waals surface area (Å²) >= 11 is 0. The maximum atomic E-state index is 14.0. The summed E-state index contributed by atoms with van der Waals surface area (Å²) in [4.78, 5) is 103. The molecule has 5 amide bonds. The number of amides is 5. The van der Waals surface area contributed by atoms with Gasteiger partial charge in [-0.05, 0) is 286 Å². The van der Waals surface area contributed by atoms with Gasteiger partial charge in [0.1, 0.15) is 36.4 Å². The smallest absolute Gasteiger partial charge is 0.335 e. The van der Waals surface area contributed by atoms with Crippen molar-refractivity contribution in [1.82, 2.24) is 51.6 Å². The minimum absolute atomic E-state index is 0.0529. The van der Waals surface area contributed by atoms with Crippen LogP contribution in [-0.2, 0) is 48.5 Å². The lowest BCUT2D eigenvalue weighted by atomic mass is 9.45. The molecule has 6 aromatic carbocycles. The summed E-state index contributed by atoms with van der Waals surface area (Å²) < 4.78 is 0. The molecule has 0 unspecified atom stereocenters. The summed E-state index contributed by atoms with van der Waals surface area (Å²) in [6.07, 6.45) is 3.68. The highest BCUT2D eigenvalue weighted by Crippen LogP contribution is 2.64. The maximum Gasteiger partial charge on any atom is 0.335 e. The Labute approximate surface area is 801 Å². The van der Waals surface area contributed by atoms with E-state index >= 15 is 0 Å². The number of hydroxylamine groups is 6. The van der Waals surface area contributed by atoms with E-state index in [1.54, 1.807) is 54.2 Å². The van der Waals surface area contributed by atoms with Crippen LogP contribution >= 0.6 is 0 Å². The minimum atomic E-state index is -0.986. The Morgan fingerprint density at radius 2 is 0.652 bits per heavy atom. The predicted octanol–water partition coefficient (Wildman–Crippen LogP) is 13.2. The summed E-state index contributed by atoms with van der Waals surface area (Å²) in [5, 5.41) is 93.4. The van der Waals surface area contributed by atoms with E-state index < -0.39 is 78.5 Å². The van der Waals surface area contributed by atoms with E-state index in [9.17, 15) is 64.5 Å². The highest BCUT2D eigenvalue weighted by atomic mass is 16.7. The number of aliphatic hydroxyl groups is 6. The molecule has 0 spiro atoms. The number of carbonyl (C=O) groups excluding carboxylic acids is 5. The molecule has 26 heteroatoms. The highest BCUT2D eigenvalue weighted by molar-refractivity contribution is 5.97. The number of benzene rings is 6. The number of nitrogens with one attached hydrogen (secondary N) is 5. The molecule has 135 heavy (non-hydrogen) atoms. The monoisotopic (exact) mass is 1860 g/mol. The molecule has 3 heterocycles. The fraction of sp³-hybridized carbons (Fsp3) is 0.615. The standard InChI is InChI=1S/2C39H58N4O5.C31H40N2O6/c2*1-23(2)15-31(21-42(7)8)40-37(46)29-14-10-13-28(17-29)27-12-9-11-26(16-27)20-43-36(35(25(4)45)34(22-44)48-43)38(47)41-33-19-30-18-32(24(33)3)39(30,5)6;1-17-24-13-23(31(24,3)4)14-25(17)32-29(36)28-27(18(2)35)26(16-34)39-33(28)15-19-7-5-8-20(11-19)21-9-6-10-22(12-21)30(37)38/h2*9-14,16-17,23-25,30-36,44-45H,15,18-22H2,1-8H3,(H,40,46)(H,41,47);5-12,17-18,23-28,34-35H,13-16H2,1-4H3,(H,32,36)(H,37,38)/t2*24-,25-,30+,31+,32-,33-,34-,35+,36-;17-,18-,23+,24-,25-,26-,27+,28-/m000/s1. The van der Waals surface area contributed by atoms with Crippen molar-refractivity contribution >= 4 is 35.5 Å². The van der Waals surface area contributed by atoms with Gasteiger partial charge in [-0.25, -0.2) is 4.79 Å². The Kier molecular flexibility index (Phi) is 33.8. The fourth-order valence-electron chi connectivity index (χ4n) is 25.0. The topological polar surface area (TPSA) is 348 Å². The van der Waals surface area contributed by atoms with Crippen molar-refractivity contribution in [1.29, 1.82) is 0 Å². The molecule has 26 atom stereocenters. The third-order valence-corrected chi connectivity index (χ3v) is 32.7. The fourth-order valence-corrected chi connectivity index (χ4v) is 25.0. The number of rotatable bonds is 34. The van der Waals surface area contributed by atoms with Gasteiger partial charge < -0.3 is 72.1 Å². The van der Waals surface area contributed by atoms with Crippen LogP contribution in [0.1, 0.15) is 210 Å². The molecule has 12 aliphatic rings. The van der Waals surface area contributed by atoms with Crippen LogP contribution in [0.25, 0.3) is 33.4 Å². The van der Waals surface area contributed by atoms with Crippen LogP contribution in [-0.4, -0.2) is 242 Å². The molecular formula is C109H156N10O16. The molecule has 12 fully saturated rings. The molecule has 6 aromatic rings. The van der Waals surface area contributed by atoms with Gasteiger partial charge in [-0.15, -0.1) is 0 Å². The second-order valence-corrected chi connectivity index (χ2v) is 44.5. The largest absolute Gasteiger partial charge is 0.478 e. The van der Waals surface area contributed by atoms with Crippen molar-refractivity contribution < 1.29 is 79.0 Å². The zero-order valence-corrected chi connectivity index (χ0v) is 83.4. The summed E-state index contributed by atoms with van der Waals surface area (Å²) in [6.45, 7) is 35.9. The molecule has 0 radical (unpaired) electrons. The summed E-state index contributed by atoms with van der Waals surface area (Å²) in [6, 6.07) is 43.8. The Balaban J connectivity index is 0.000000173. The maximum absolute atomic E-state index is 14.0. The van der Waals surface area contributed by atoms with Gasteiger partial charge in [-0.2, -0.15) is 15.2 Å². The van der Waals surface area contributed by atoms with Crippen molar-refractivity contribution in [3.63, 3.8) is 0 Å². The third kappa shape index (κ3) is 23.5. The van der Waals surface area contributed by atoms with E-state index in [0.717, 1.165) is 95.3 Å². The summed E-state index contributed by atoms with van der Waals surface area (Å²) in [7, 11) is 8.07. The van der Waals surface area contributed by atoms with Crippen LogP contribution < -0.4 is 26.6 Å². The van der Waals surface area contributed by atoms with Crippen LogP contribution in [0.5, 0.6) is 0 Å². The van der Waals surface area contributed by atoms with E-state index in [0.29, 0.717) is 106 Å². The van der Waals surface area contributed by atoms with E-state index in [1.807, 2.05) is 156 Å². The van der Waals surface area contributed by atoms with Crippen molar-refractivity contribution in [2.24, 2.45) is 99.1 Å². The van der Waals surface area contributed by atoms with Crippen LogP contribution in [0.2, 0.25) is 0 Å². The molecule has 3 saturated heterocycles. The SMILES string of the molecule is CC(C)C[C@H](CN(C)C)NC(=O)c1cccc(-c2cccc(CN3O[C@@H](CO)[C@@H]([C@H](C)O)[C@H]3C(=O)N[C@H]3C[C@H]4C[C@@H]([C@@H]3C)C4(C)C)c2)c1.CC(C)C[C@H](CN(C)C)NC(=O)c1cccc(-c2cccc(CN3O[C@@H](CO)[C@@H]([C@H](C)O)[C@H]3C(=O)N[C@H]3C[C@H]4C[C@@H]([C@@H]3C)C4(C)C)c2)c1.C[C@@H]1[C@@H](NC(=O)[C@@H]2[C@H]([C@H](C)O)[C@H](CO)ON2Cc2cccc(-c3cccc(C(=O)O)c3)c2)C[C@H]2C[C@@H]1C2(C)C. The molecule has 9 aliphatic carbocycles. The number of carbonyl (C=O) groups is 6. The average Bonchev–Trinajstić information content (AvgIpc) is 1.06. The second-order valence-electron chi connectivity index (χ2n) is 44.5. The number of hydrogen-bond acceptors (Lipinski definition) is 20. The molecule has 738 valence electrons. The lowest BCUT2D eigenvalue weighted by Crippen LogP contribution is -2.62. The minimum Gasteiger partial charge on any atom is -0.478 e. The van der Waals surface area contributed by atoms with Gasteiger partial charge in [-0.3, -0.25) is 38.5 Å². The van der Waals surface area contributed by atoms with E-state index in [2.05, 4.69) is 126 Å². The Hall–Kier alpha value is -8.42. The lowest BCUT2D eigenvalue weighted by molar-refractivity contribution is -0.183. The van der Waals surface area contributed by atoms with Gasteiger partial charge in [0.15, 0.2) is 0 Å². The van der Waals surface area contributed by atoms with Crippen LogP contribution in [0, 0.1) is 99.1 Å². The number of carboxylic acids is 1. The molecule has 6 bridgehead atoms. The van der Waals surface area contributed by atoms with E-state index in [1.165, 1.54) is 19.3 Å². The molecule has 0 aromatic heterocycles. The van der Waals surface area contributed by atoms with Crippen molar-refractivity contribution in [3.05, 3.63) is 179 Å². The highest BCUT2D eigenvalue weighted by Gasteiger charge is 2.61. The van der Waals surface area contributed by atoms with E-state index in [4.69, 9.17) is 14.5 Å². The number of aromatic carboxylic acids is 1. The Morgan fingerprint density at radius 3 is 0.889 bits per heavy atom. The Morgan fingerprint density at radius 1 is 0.393 bits per heavy atom. The number of hydrogen-bond donors (Lipinski definition) is 12. The van der Waals surface area contributed by atoms with Crippen molar-refractivity contribution in [3.8, 4) is 33.4 Å². The number of likely N-dealkylation sites (N-methyl/N-ethyl adjacent to an activating group) is 2. The van der Waals surface area contributed by atoms with Gasteiger partial charge in [0.05, 0.1) is 63.3 Å². The zero-order valence-electron chi connectivity index (χ0n) is 83.4. The molecule has 12 N–H and O–H groups in total. The average molecular weight is 1860 g/mol. The van der Waals surface area contributed by atoms with Gasteiger partial charge in [-0.1, -0.05) is 181 Å². The molecule has 3 aliphatic heterocycles. The van der Waals surface area contributed by atoms with Gasteiger partial charge >= 0.3 is 5.97 Å². The zero-order chi connectivity index (χ0) is 97.9. The van der Waals surface area contributed by atoms with Crippen molar-refractivity contribution in [2.45, 2.75) is 267 Å². The molecular weight excluding hydrogens is 1710 g/mol. The first-order valence-electron chi connectivity index (χ1n) is 49.7. The third-order valence-electron chi connectivity index (χ3n) is 32.7. The number of nitrogens with zero attached hydrogens (tertiary/aromatic N) is 5. The van der Waals surface area contributed by atoms with Crippen molar-refractivity contribution in [2.75, 3.05) is 61.1 Å². The predicted molar refractivity (Wildman–Crippen MR) is 524 cm³/mol. The van der Waals surface area contributed by atoms with Gasteiger partial charge in [0.25, 0.3) is 11.8 Å². The van der Waals surface area contributed by atoms with Crippen LogP contribution in [0.15, 0.2) is 146 Å². The Bertz CT molecular complexity index is 4820. The van der Waals surface area contributed by atoms with Gasteiger partial charge in [0, 0.05) is 72.2 Å². The normalized spacial score (nSPS) is 30.2. The second kappa shape index (κ2) is 44.0. The first-order chi connectivity index (χ1) is 63.9. The van der Waals surface area contributed by atoms with Crippen LogP contribution in [0.3, 0.4) is 0 Å². The lowest BCUT2D eigenvalue weighted by Gasteiger charge is -2.62. The number of carboxylic acid groups (broad SMARTS) is 1. The summed E-state index contributed by atoms with van der Waals surface area (Å²) in [5.41, 5.74) is 10.4. The summed E-state index contributed by atoms with van der Waals surface area (Å²) in [5.74, 6) is 2.17. The molecule has 9 saturated carbocycles. The molecule has 18 rings (SSSR count). The van der Waals surface area contributed by atoms with Gasteiger partial charge in [0.2, 0.25) is 17.7 Å². The van der Waals surface area contributed by atoms with Crippen LogP contribution in [0.4, 0.5) is 0 Å².